The summed E-state index contributed by atoms with van der Waals surface area (Å²) in [5.74, 6) is 12.3. The van der Waals surface area contributed by atoms with Gasteiger partial charge in [0, 0.05) is 11.1 Å². The Morgan fingerprint density at radius 1 is 0.833 bits per heavy atom. The van der Waals surface area contributed by atoms with Crippen molar-refractivity contribution in [3.05, 3.63) is 71.8 Å². The number of methoxy groups -OCH3 is 2. The summed E-state index contributed by atoms with van der Waals surface area (Å²) >= 11 is 0. The molecule has 2 rings (SSSR count). The minimum Gasteiger partial charge on any atom is -0.497 e. The molecule has 0 heterocycles. The standard InChI is InChI=1S/C21H16O3/c1-23-19-13-9-17(10-14-19)7-5-3-4-6-8-21(22)18-11-15-20(24-2)16-12-18/h3-4,9-16H,1-2H3/b4-3-. The number of ketones is 1. The Bertz CT molecular complexity index is 836. The van der Waals surface area contributed by atoms with Crippen LogP contribution >= 0.6 is 0 Å². The second-order valence-corrected chi connectivity index (χ2v) is 4.66. The number of hydrogen-bond donors (Lipinski definition) is 0. The third-order valence-corrected chi connectivity index (χ3v) is 3.09. The molecule has 3 nitrogen and oxygen atoms in total. The molecule has 0 spiro atoms. The lowest BCUT2D eigenvalue weighted by molar-refractivity contribution is 0.105. The molecular formula is C21H16O3. The van der Waals surface area contributed by atoms with E-state index in [2.05, 4.69) is 23.7 Å². The van der Waals surface area contributed by atoms with Crippen molar-refractivity contribution in [2.24, 2.45) is 0 Å². The number of ether oxygens (including phenoxy) is 2. The van der Waals surface area contributed by atoms with Gasteiger partial charge in [-0.1, -0.05) is 17.8 Å². The number of rotatable bonds is 3. The van der Waals surface area contributed by atoms with Crippen LogP contribution in [0.25, 0.3) is 0 Å². The molecule has 0 fully saturated rings. The van der Waals surface area contributed by atoms with Gasteiger partial charge in [-0.3, -0.25) is 4.79 Å². The van der Waals surface area contributed by atoms with E-state index in [0.29, 0.717) is 11.3 Å². The maximum atomic E-state index is 11.9. The molecule has 0 saturated heterocycles. The maximum Gasteiger partial charge on any atom is 0.236 e. The van der Waals surface area contributed by atoms with Crippen molar-refractivity contribution in [3.8, 4) is 35.2 Å². The fourth-order valence-corrected chi connectivity index (χ4v) is 1.80. The van der Waals surface area contributed by atoms with Gasteiger partial charge in [0.15, 0.2) is 0 Å². The first-order chi connectivity index (χ1) is 11.7. The van der Waals surface area contributed by atoms with Gasteiger partial charge < -0.3 is 9.47 Å². The average molecular weight is 316 g/mol. The molecule has 0 amide bonds. The normalized spacial score (nSPS) is 9.42. The molecule has 0 atom stereocenters. The predicted octanol–water partition coefficient (Wildman–Crippen LogP) is 3.50. The Labute approximate surface area is 141 Å². The van der Waals surface area contributed by atoms with Crippen LogP contribution in [0.15, 0.2) is 60.7 Å². The monoisotopic (exact) mass is 316 g/mol. The lowest BCUT2D eigenvalue weighted by atomic mass is 10.1. The molecule has 2 aromatic rings. The zero-order valence-electron chi connectivity index (χ0n) is 13.5. The molecule has 0 aliphatic rings. The largest absolute Gasteiger partial charge is 0.497 e. The third kappa shape index (κ3) is 5.09. The Morgan fingerprint density at radius 3 is 1.96 bits per heavy atom. The highest BCUT2D eigenvalue weighted by molar-refractivity contribution is 6.09. The molecule has 0 radical (unpaired) electrons. The van der Waals surface area contributed by atoms with Crippen LogP contribution in [0.4, 0.5) is 0 Å². The van der Waals surface area contributed by atoms with Crippen molar-refractivity contribution < 1.29 is 14.3 Å². The topological polar surface area (TPSA) is 35.5 Å². The number of carbonyl (C=O) groups excluding carboxylic acids is 1. The highest BCUT2D eigenvalue weighted by atomic mass is 16.5. The summed E-state index contributed by atoms with van der Waals surface area (Å²) < 4.78 is 10.1. The van der Waals surface area contributed by atoms with Gasteiger partial charge in [0.2, 0.25) is 5.78 Å². The van der Waals surface area contributed by atoms with Crippen LogP contribution in [0.2, 0.25) is 0 Å². The summed E-state index contributed by atoms with van der Waals surface area (Å²) in [6, 6.07) is 14.3. The molecular weight excluding hydrogens is 300 g/mol. The average Bonchev–Trinajstić information content (AvgIpc) is 2.65. The quantitative estimate of drug-likeness (QED) is 0.494. The maximum absolute atomic E-state index is 11.9. The molecule has 0 bridgehead atoms. The predicted molar refractivity (Wildman–Crippen MR) is 94.1 cm³/mol. The molecule has 0 aromatic heterocycles. The number of Topliss-reactive ketones (excluding diaryl/α,β-unsaturated/α-hetero) is 1. The molecule has 0 saturated carbocycles. The van der Waals surface area contributed by atoms with Gasteiger partial charge in [-0.2, -0.15) is 0 Å². The second-order valence-electron chi connectivity index (χ2n) is 4.66. The Hall–Kier alpha value is -3.43. The van der Waals surface area contributed by atoms with E-state index in [1.165, 1.54) is 0 Å². The molecule has 3 heteroatoms. The van der Waals surface area contributed by atoms with E-state index in [4.69, 9.17) is 9.47 Å². The number of benzene rings is 2. The van der Waals surface area contributed by atoms with E-state index in [9.17, 15) is 4.79 Å². The highest BCUT2D eigenvalue weighted by Gasteiger charge is 2.01. The Balaban J connectivity index is 1.93. The number of carbonyl (C=O) groups is 1. The van der Waals surface area contributed by atoms with Crippen LogP contribution in [0.1, 0.15) is 15.9 Å². The fourth-order valence-electron chi connectivity index (χ4n) is 1.80. The first kappa shape index (κ1) is 16.9. The van der Waals surface area contributed by atoms with Crippen LogP contribution in [0, 0.1) is 23.7 Å². The molecule has 2 aromatic carbocycles. The van der Waals surface area contributed by atoms with Crippen LogP contribution < -0.4 is 9.47 Å². The SMILES string of the molecule is COc1ccc(C#C/C=C\C#CC(=O)c2ccc(OC)cc2)cc1. The van der Waals surface area contributed by atoms with Crippen LogP contribution in [-0.4, -0.2) is 20.0 Å². The summed E-state index contributed by atoms with van der Waals surface area (Å²) in [5.41, 5.74) is 1.41. The summed E-state index contributed by atoms with van der Waals surface area (Å²) in [7, 11) is 3.20. The lowest BCUT2D eigenvalue weighted by Crippen LogP contribution is -1.94. The van der Waals surface area contributed by atoms with E-state index < -0.39 is 0 Å². The molecule has 0 unspecified atom stereocenters. The van der Waals surface area contributed by atoms with Gasteiger partial charge in [0.05, 0.1) is 14.2 Å². The van der Waals surface area contributed by atoms with Crippen molar-refractivity contribution in [2.75, 3.05) is 14.2 Å². The van der Waals surface area contributed by atoms with Gasteiger partial charge in [-0.05, 0) is 66.6 Å². The lowest BCUT2D eigenvalue weighted by Gasteiger charge is -1.98. The molecule has 0 N–H and O–H groups in total. The summed E-state index contributed by atoms with van der Waals surface area (Å²) in [6.07, 6.45) is 3.16. The van der Waals surface area contributed by atoms with Gasteiger partial charge in [-0.25, -0.2) is 0 Å². The summed E-state index contributed by atoms with van der Waals surface area (Å²) in [4.78, 5) is 11.9. The first-order valence-corrected chi connectivity index (χ1v) is 7.23. The molecule has 24 heavy (non-hydrogen) atoms. The van der Waals surface area contributed by atoms with Crippen molar-refractivity contribution >= 4 is 5.78 Å². The van der Waals surface area contributed by atoms with Crippen LogP contribution in [-0.2, 0) is 0 Å². The number of hydrogen-bond acceptors (Lipinski definition) is 3. The van der Waals surface area contributed by atoms with Crippen LogP contribution in [0.5, 0.6) is 11.5 Å². The molecule has 0 aliphatic carbocycles. The van der Waals surface area contributed by atoms with Crippen molar-refractivity contribution in [3.63, 3.8) is 0 Å². The smallest absolute Gasteiger partial charge is 0.236 e. The Kier molecular flexibility index (Phi) is 6.26. The van der Waals surface area contributed by atoms with Crippen molar-refractivity contribution in [2.45, 2.75) is 0 Å². The van der Waals surface area contributed by atoms with Crippen LogP contribution in [0.3, 0.4) is 0 Å². The third-order valence-electron chi connectivity index (χ3n) is 3.09. The number of allylic oxidation sites excluding steroid dienone is 2. The fraction of sp³-hybridized carbons (Fsp3) is 0.0952. The molecule has 118 valence electrons. The first-order valence-electron chi connectivity index (χ1n) is 7.23. The van der Waals surface area contributed by atoms with E-state index in [0.717, 1.165) is 11.3 Å². The van der Waals surface area contributed by atoms with E-state index in [-0.39, 0.29) is 5.78 Å². The Morgan fingerprint density at radius 2 is 1.38 bits per heavy atom. The highest BCUT2D eigenvalue weighted by Crippen LogP contribution is 2.11. The van der Waals surface area contributed by atoms with Gasteiger partial charge >= 0.3 is 0 Å². The molecule has 0 aliphatic heterocycles. The zero-order chi connectivity index (χ0) is 17.2. The van der Waals surface area contributed by atoms with Gasteiger partial charge in [0.1, 0.15) is 11.5 Å². The van der Waals surface area contributed by atoms with E-state index in [1.807, 2.05) is 24.3 Å². The summed E-state index contributed by atoms with van der Waals surface area (Å²) in [6.45, 7) is 0. The minimum absolute atomic E-state index is 0.245. The summed E-state index contributed by atoms with van der Waals surface area (Å²) in [5, 5.41) is 0. The minimum atomic E-state index is -0.245. The second kappa shape index (κ2) is 8.88. The van der Waals surface area contributed by atoms with E-state index >= 15 is 0 Å². The van der Waals surface area contributed by atoms with E-state index in [1.54, 1.807) is 50.6 Å². The van der Waals surface area contributed by atoms with Crippen molar-refractivity contribution in [1.82, 2.24) is 0 Å². The van der Waals surface area contributed by atoms with Crippen molar-refractivity contribution in [1.29, 1.82) is 0 Å². The zero-order valence-corrected chi connectivity index (χ0v) is 13.5. The van der Waals surface area contributed by atoms with Gasteiger partial charge in [0.25, 0.3) is 0 Å². The van der Waals surface area contributed by atoms with Gasteiger partial charge in [-0.15, -0.1) is 0 Å².